The van der Waals surface area contributed by atoms with Crippen molar-refractivity contribution in [1.29, 1.82) is 0 Å². The van der Waals surface area contributed by atoms with E-state index in [1.165, 1.54) is 5.56 Å². The van der Waals surface area contributed by atoms with Gasteiger partial charge < -0.3 is 10.3 Å². The molecule has 3 N–H and O–H groups in total. The number of nitrogens with one attached hydrogen (secondary N) is 3. The van der Waals surface area contributed by atoms with E-state index in [1.807, 2.05) is 18.2 Å². The number of rotatable bonds is 6. The van der Waals surface area contributed by atoms with Crippen LogP contribution in [0, 0.1) is 6.92 Å². The average Bonchev–Trinajstić information content (AvgIpc) is 3.33. The number of aromatic nitrogens is 2. The molecule has 1 aliphatic carbocycles. The topological polar surface area (TPSA) is 94.8 Å². The molecule has 132 valence electrons. The highest BCUT2D eigenvalue weighted by molar-refractivity contribution is 9.10. The predicted molar refractivity (Wildman–Crippen MR) is 98.8 cm³/mol. The lowest BCUT2D eigenvalue weighted by Gasteiger charge is -2.18. The first-order valence-corrected chi connectivity index (χ1v) is 9.04. The van der Waals surface area contributed by atoms with Crippen molar-refractivity contribution in [1.82, 2.24) is 15.3 Å². The first-order valence-electron chi connectivity index (χ1n) is 8.25. The van der Waals surface area contributed by atoms with Gasteiger partial charge in [-0.05, 0) is 37.8 Å². The second-order valence-electron chi connectivity index (χ2n) is 6.55. The third-order valence-electron chi connectivity index (χ3n) is 4.78. The smallest absolute Gasteiger partial charge is 0.325 e. The van der Waals surface area contributed by atoms with Gasteiger partial charge in [0.1, 0.15) is 0 Å². The van der Waals surface area contributed by atoms with E-state index in [0.29, 0.717) is 24.2 Å². The zero-order valence-electron chi connectivity index (χ0n) is 13.9. The van der Waals surface area contributed by atoms with Gasteiger partial charge in [0.05, 0.1) is 0 Å². The van der Waals surface area contributed by atoms with E-state index in [1.54, 1.807) is 6.92 Å². The van der Waals surface area contributed by atoms with Crippen molar-refractivity contribution in [2.24, 2.45) is 0 Å². The summed E-state index contributed by atoms with van der Waals surface area (Å²) in [5, 5.41) is 2.99. The molecular formula is C18H20BrN3O3. The molecule has 0 aliphatic heterocycles. The van der Waals surface area contributed by atoms with E-state index in [0.717, 1.165) is 17.3 Å². The highest BCUT2D eigenvalue weighted by Gasteiger charge is 2.45. The quantitative estimate of drug-likeness (QED) is 0.684. The Balaban J connectivity index is 1.59. The molecule has 1 heterocycles. The van der Waals surface area contributed by atoms with E-state index >= 15 is 0 Å². The predicted octanol–water partition coefficient (Wildman–Crippen LogP) is 1.91. The molecule has 1 aliphatic rings. The summed E-state index contributed by atoms with van der Waals surface area (Å²) in [5.41, 5.74) is 1.24. The van der Waals surface area contributed by atoms with Gasteiger partial charge in [-0.1, -0.05) is 34.1 Å². The van der Waals surface area contributed by atoms with E-state index < -0.39 is 11.2 Å². The third kappa shape index (κ3) is 3.92. The number of carbonyl (C=O) groups excluding carboxylic acids is 1. The highest BCUT2D eigenvalue weighted by atomic mass is 79.9. The molecule has 1 fully saturated rings. The number of hydrogen-bond acceptors (Lipinski definition) is 3. The fraction of sp³-hybridized carbons (Fsp3) is 0.389. The maximum atomic E-state index is 12.2. The molecule has 0 bridgehead atoms. The summed E-state index contributed by atoms with van der Waals surface area (Å²) in [6, 6.07) is 8.09. The van der Waals surface area contributed by atoms with Crippen LogP contribution < -0.4 is 16.6 Å². The van der Waals surface area contributed by atoms with Crippen molar-refractivity contribution < 1.29 is 4.79 Å². The molecule has 1 aromatic carbocycles. The average molecular weight is 406 g/mol. The lowest BCUT2D eigenvalue weighted by Crippen LogP contribution is -2.33. The normalized spacial score (nSPS) is 15.0. The zero-order chi connectivity index (χ0) is 18.0. The Labute approximate surface area is 153 Å². The van der Waals surface area contributed by atoms with Crippen LogP contribution in [0.1, 0.15) is 36.1 Å². The second kappa shape index (κ2) is 7.00. The zero-order valence-corrected chi connectivity index (χ0v) is 15.5. The van der Waals surface area contributed by atoms with Crippen molar-refractivity contribution >= 4 is 21.8 Å². The number of amides is 1. The number of hydrogen-bond donors (Lipinski definition) is 3. The fourth-order valence-electron chi connectivity index (χ4n) is 3.11. The molecule has 0 saturated heterocycles. The molecular weight excluding hydrogens is 386 g/mol. The molecule has 1 aromatic heterocycles. The standard InChI is InChI=1S/C18H20BrN3O3/c1-11-12(16(24)22-17(25)21-11)6-7-15(23)20-10-18(8-9-18)13-4-2-3-5-14(13)19/h2-5H,6-10H2,1H3,(H,20,23)(H2,21,22,24,25). The van der Waals surface area contributed by atoms with Crippen molar-refractivity contribution in [2.75, 3.05) is 6.54 Å². The molecule has 0 atom stereocenters. The summed E-state index contributed by atoms with van der Waals surface area (Å²) in [5.74, 6) is -0.0941. The number of halogens is 1. The molecule has 2 aromatic rings. The van der Waals surface area contributed by atoms with Crippen LogP contribution in [0.15, 0.2) is 38.3 Å². The minimum atomic E-state index is -0.528. The third-order valence-corrected chi connectivity index (χ3v) is 5.47. The Morgan fingerprint density at radius 3 is 2.60 bits per heavy atom. The first kappa shape index (κ1) is 17.7. The van der Waals surface area contributed by atoms with Gasteiger partial charge in [0.2, 0.25) is 5.91 Å². The van der Waals surface area contributed by atoms with Crippen molar-refractivity contribution in [3.05, 3.63) is 66.4 Å². The number of benzene rings is 1. The molecule has 6 nitrogen and oxygen atoms in total. The SMILES string of the molecule is Cc1[nH]c(=O)[nH]c(=O)c1CCC(=O)NCC1(c2ccccc2Br)CC1. The van der Waals surface area contributed by atoms with Crippen LogP contribution in [-0.4, -0.2) is 22.4 Å². The van der Waals surface area contributed by atoms with Gasteiger partial charge >= 0.3 is 5.69 Å². The largest absolute Gasteiger partial charge is 0.355 e. The van der Waals surface area contributed by atoms with Gasteiger partial charge in [0, 0.05) is 34.1 Å². The van der Waals surface area contributed by atoms with Crippen molar-refractivity contribution in [3.63, 3.8) is 0 Å². The lowest BCUT2D eigenvalue weighted by atomic mass is 9.96. The lowest BCUT2D eigenvalue weighted by molar-refractivity contribution is -0.121. The molecule has 0 unspecified atom stereocenters. The van der Waals surface area contributed by atoms with Gasteiger partial charge in [0.15, 0.2) is 0 Å². The number of H-pyrrole nitrogens is 2. The number of aromatic amines is 2. The maximum Gasteiger partial charge on any atom is 0.325 e. The van der Waals surface area contributed by atoms with E-state index in [2.05, 4.69) is 37.3 Å². The Bertz CT molecular complexity index is 912. The summed E-state index contributed by atoms with van der Waals surface area (Å²) in [7, 11) is 0. The van der Waals surface area contributed by atoms with Crippen LogP contribution >= 0.6 is 15.9 Å². The molecule has 25 heavy (non-hydrogen) atoms. The van der Waals surface area contributed by atoms with Crippen LogP contribution in [0.4, 0.5) is 0 Å². The molecule has 0 spiro atoms. The molecule has 7 heteroatoms. The van der Waals surface area contributed by atoms with Crippen LogP contribution in [-0.2, 0) is 16.6 Å². The minimum Gasteiger partial charge on any atom is -0.355 e. The monoisotopic (exact) mass is 405 g/mol. The van der Waals surface area contributed by atoms with Crippen LogP contribution in [0.3, 0.4) is 0 Å². The highest BCUT2D eigenvalue weighted by Crippen LogP contribution is 2.49. The Morgan fingerprint density at radius 1 is 1.24 bits per heavy atom. The molecule has 1 amide bonds. The van der Waals surface area contributed by atoms with Crippen molar-refractivity contribution in [3.8, 4) is 0 Å². The number of carbonyl (C=O) groups is 1. The van der Waals surface area contributed by atoms with Gasteiger partial charge in [-0.25, -0.2) is 4.79 Å². The Morgan fingerprint density at radius 2 is 1.96 bits per heavy atom. The summed E-state index contributed by atoms with van der Waals surface area (Å²) in [6.45, 7) is 2.26. The van der Waals surface area contributed by atoms with Gasteiger partial charge in [-0.2, -0.15) is 0 Å². The van der Waals surface area contributed by atoms with Crippen LogP contribution in [0.25, 0.3) is 0 Å². The molecule has 0 radical (unpaired) electrons. The van der Waals surface area contributed by atoms with Crippen molar-refractivity contribution in [2.45, 2.75) is 38.0 Å². The second-order valence-corrected chi connectivity index (χ2v) is 7.40. The minimum absolute atomic E-state index is 0.0150. The summed E-state index contributed by atoms with van der Waals surface area (Å²) in [6.07, 6.45) is 2.61. The first-order chi connectivity index (χ1) is 11.9. The van der Waals surface area contributed by atoms with Crippen LogP contribution in [0.5, 0.6) is 0 Å². The van der Waals surface area contributed by atoms with Gasteiger partial charge in [-0.3, -0.25) is 14.6 Å². The Hall–Kier alpha value is -2.15. The summed E-state index contributed by atoms with van der Waals surface area (Å²) < 4.78 is 1.07. The molecule has 3 rings (SSSR count). The number of aryl methyl sites for hydroxylation is 1. The van der Waals surface area contributed by atoms with Gasteiger partial charge in [0.25, 0.3) is 5.56 Å². The van der Waals surface area contributed by atoms with Crippen LogP contribution in [0.2, 0.25) is 0 Å². The summed E-state index contributed by atoms with van der Waals surface area (Å²) in [4.78, 5) is 39.9. The Kier molecular flexibility index (Phi) is 4.94. The van der Waals surface area contributed by atoms with E-state index in [4.69, 9.17) is 0 Å². The maximum absolute atomic E-state index is 12.2. The van der Waals surface area contributed by atoms with Gasteiger partial charge in [-0.15, -0.1) is 0 Å². The molecule has 1 saturated carbocycles. The summed E-state index contributed by atoms with van der Waals surface area (Å²) >= 11 is 3.58. The van der Waals surface area contributed by atoms with E-state index in [-0.39, 0.29) is 17.7 Å². The fourth-order valence-corrected chi connectivity index (χ4v) is 3.81. The van der Waals surface area contributed by atoms with E-state index in [9.17, 15) is 14.4 Å².